The van der Waals surface area contributed by atoms with E-state index in [0.717, 1.165) is 22.3 Å². The van der Waals surface area contributed by atoms with E-state index >= 15 is 0 Å². The van der Waals surface area contributed by atoms with Crippen molar-refractivity contribution in [3.8, 4) is 0 Å². The Kier molecular flexibility index (Phi) is 5.78. The molecule has 0 aliphatic heterocycles. The van der Waals surface area contributed by atoms with Crippen LogP contribution >= 0.6 is 0 Å². The van der Waals surface area contributed by atoms with Crippen LogP contribution in [-0.2, 0) is 22.4 Å². The topological polar surface area (TPSA) is 98.1 Å². The monoisotopic (exact) mass is 363 g/mol. The third-order valence-electron chi connectivity index (χ3n) is 4.36. The average molecular weight is 363 g/mol. The summed E-state index contributed by atoms with van der Waals surface area (Å²) in [6, 6.07) is 12.8. The molecule has 0 amide bonds. The summed E-state index contributed by atoms with van der Waals surface area (Å²) in [6.07, 6.45) is 6.21. The number of hydrogen-bond donors (Lipinski definition) is 2. The molecule has 1 aromatic carbocycles. The lowest BCUT2D eigenvalue weighted by Gasteiger charge is -2.11. The molecule has 138 valence electrons. The van der Waals surface area contributed by atoms with Gasteiger partial charge in [0, 0.05) is 30.6 Å². The summed E-state index contributed by atoms with van der Waals surface area (Å²) in [4.78, 5) is 30.2. The Morgan fingerprint density at radius 1 is 1.11 bits per heavy atom. The normalized spacial score (nSPS) is 11.8. The number of nitrogens with two attached hydrogens (primary N) is 1. The number of H-pyrrole nitrogens is 1. The van der Waals surface area contributed by atoms with Crippen LogP contribution < -0.4 is 11.3 Å². The molecule has 0 saturated heterocycles. The van der Waals surface area contributed by atoms with Crippen LogP contribution in [0.5, 0.6) is 0 Å². The molecular formula is C21H21N3O3. The van der Waals surface area contributed by atoms with Gasteiger partial charge < -0.3 is 15.5 Å². The number of ether oxygens (including phenoxy) is 1. The number of aromatic amines is 1. The van der Waals surface area contributed by atoms with Crippen LogP contribution in [0.25, 0.3) is 0 Å². The molecule has 0 fully saturated rings. The number of esters is 1. The summed E-state index contributed by atoms with van der Waals surface area (Å²) in [5.41, 5.74) is 10.3. The molecule has 1 unspecified atom stereocenters. The fraction of sp³-hybridized carbons (Fsp3) is 0.190. The number of methoxy groups -OCH3 is 1. The first-order chi connectivity index (χ1) is 13.1. The molecule has 0 bridgehead atoms. The lowest BCUT2D eigenvalue weighted by Crippen LogP contribution is -2.22. The van der Waals surface area contributed by atoms with Crippen molar-refractivity contribution in [3.05, 3.63) is 99.2 Å². The molecule has 0 spiro atoms. The third-order valence-corrected chi connectivity index (χ3v) is 4.36. The van der Waals surface area contributed by atoms with Gasteiger partial charge in [0.15, 0.2) is 0 Å². The molecule has 3 aromatic rings. The molecule has 0 aliphatic carbocycles. The Morgan fingerprint density at radius 3 is 2.48 bits per heavy atom. The van der Waals surface area contributed by atoms with Crippen molar-refractivity contribution in [1.82, 2.24) is 9.97 Å². The number of aromatic nitrogens is 2. The second kappa shape index (κ2) is 8.42. The van der Waals surface area contributed by atoms with Gasteiger partial charge in [-0.1, -0.05) is 36.4 Å². The highest BCUT2D eigenvalue weighted by atomic mass is 16.5. The van der Waals surface area contributed by atoms with Crippen molar-refractivity contribution < 1.29 is 9.53 Å². The summed E-state index contributed by atoms with van der Waals surface area (Å²) in [6.45, 7) is 0. The van der Waals surface area contributed by atoms with Gasteiger partial charge in [-0.05, 0) is 34.7 Å². The SMILES string of the molecule is COC(=O)C(N)c1cncc(Cc2ccc(Cc3ccc[nH]c3=O)cc2)c1. The molecule has 2 heterocycles. The van der Waals surface area contributed by atoms with E-state index in [-0.39, 0.29) is 5.56 Å². The second-order valence-corrected chi connectivity index (χ2v) is 6.32. The van der Waals surface area contributed by atoms with Crippen molar-refractivity contribution in [3.63, 3.8) is 0 Å². The Labute approximate surface area is 157 Å². The molecule has 0 radical (unpaired) electrons. The van der Waals surface area contributed by atoms with Crippen molar-refractivity contribution in [1.29, 1.82) is 0 Å². The zero-order chi connectivity index (χ0) is 19.2. The summed E-state index contributed by atoms with van der Waals surface area (Å²) in [7, 11) is 1.31. The minimum atomic E-state index is -0.839. The average Bonchev–Trinajstić information content (AvgIpc) is 2.70. The quantitative estimate of drug-likeness (QED) is 0.654. The fourth-order valence-electron chi connectivity index (χ4n) is 2.86. The Morgan fingerprint density at radius 2 is 1.81 bits per heavy atom. The molecule has 3 N–H and O–H groups in total. The predicted molar refractivity (Wildman–Crippen MR) is 102 cm³/mol. The van der Waals surface area contributed by atoms with Crippen LogP contribution in [0.4, 0.5) is 0 Å². The third kappa shape index (κ3) is 4.68. The van der Waals surface area contributed by atoms with Crippen LogP contribution in [0.15, 0.2) is 65.8 Å². The van der Waals surface area contributed by atoms with Crippen LogP contribution in [0.1, 0.15) is 33.9 Å². The number of carbonyl (C=O) groups is 1. The summed E-state index contributed by atoms with van der Waals surface area (Å²) in [5, 5.41) is 0. The first-order valence-electron chi connectivity index (χ1n) is 8.58. The van der Waals surface area contributed by atoms with E-state index in [9.17, 15) is 9.59 Å². The molecule has 2 aromatic heterocycles. The number of hydrogen-bond acceptors (Lipinski definition) is 5. The Balaban J connectivity index is 1.71. The van der Waals surface area contributed by atoms with Gasteiger partial charge in [-0.25, -0.2) is 0 Å². The maximum atomic E-state index is 11.8. The first kappa shape index (κ1) is 18.5. The number of nitrogens with one attached hydrogen (secondary N) is 1. The molecule has 0 aliphatic rings. The van der Waals surface area contributed by atoms with Gasteiger partial charge in [0.2, 0.25) is 0 Å². The molecule has 3 rings (SSSR count). The lowest BCUT2D eigenvalue weighted by molar-refractivity contribution is -0.142. The largest absolute Gasteiger partial charge is 0.468 e. The highest BCUT2D eigenvalue weighted by Crippen LogP contribution is 2.16. The second-order valence-electron chi connectivity index (χ2n) is 6.32. The number of benzene rings is 1. The standard InChI is InChI=1S/C21H21N3O3/c1-27-21(26)19(22)18-11-16(12-23-13-18)9-14-4-6-15(7-5-14)10-17-3-2-8-24-20(17)25/h2-8,11-13,19H,9-10,22H2,1H3,(H,24,25). The van der Waals surface area contributed by atoms with E-state index in [2.05, 4.69) is 14.7 Å². The summed E-state index contributed by atoms with van der Waals surface area (Å²) >= 11 is 0. The van der Waals surface area contributed by atoms with E-state index in [1.807, 2.05) is 42.5 Å². The molecule has 0 saturated carbocycles. The molecule has 6 heteroatoms. The van der Waals surface area contributed by atoms with Crippen LogP contribution in [0.2, 0.25) is 0 Å². The highest BCUT2D eigenvalue weighted by Gasteiger charge is 2.16. The molecule has 6 nitrogen and oxygen atoms in total. The smallest absolute Gasteiger partial charge is 0.327 e. The zero-order valence-electron chi connectivity index (χ0n) is 15.0. The van der Waals surface area contributed by atoms with Crippen molar-refractivity contribution in [2.75, 3.05) is 7.11 Å². The van der Waals surface area contributed by atoms with Gasteiger partial charge in [0.25, 0.3) is 5.56 Å². The number of nitrogens with zero attached hydrogens (tertiary/aromatic N) is 1. The minimum absolute atomic E-state index is 0.0635. The van der Waals surface area contributed by atoms with Gasteiger partial charge in [-0.2, -0.15) is 0 Å². The van der Waals surface area contributed by atoms with E-state index < -0.39 is 12.0 Å². The van der Waals surface area contributed by atoms with Crippen molar-refractivity contribution in [2.45, 2.75) is 18.9 Å². The van der Waals surface area contributed by atoms with E-state index in [1.54, 1.807) is 18.6 Å². The Hall–Kier alpha value is -3.25. The van der Waals surface area contributed by atoms with Gasteiger partial charge in [0.1, 0.15) is 6.04 Å². The van der Waals surface area contributed by atoms with Crippen molar-refractivity contribution in [2.24, 2.45) is 5.73 Å². The number of rotatable bonds is 6. The molecular weight excluding hydrogens is 342 g/mol. The van der Waals surface area contributed by atoms with E-state index in [0.29, 0.717) is 18.4 Å². The first-order valence-corrected chi connectivity index (χ1v) is 8.58. The van der Waals surface area contributed by atoms with Crippen LogP contribution in [0.3, 0.4) is 0 Å². The van der Waals surface area contributed by atoms with Gasteiger partial charge in [0.05, 0.1) is 7.11 Å². The minimum Gasteiger partial charge on any atom is -0.468 e. The maximum absolute atomic E-state index is 11.8. The van der Waals surface area contributed by atoms with Crippen molar-refractivity contribution >= 4 is 5.97 Å². The number of pyridine rings is 2. The maximum Gasteiger partial charge on any atom is 0.327 e. The lowest BCUT2D eigenvalue weighted by atomic mass is 10.00. The predicted octanol–water partition coefficient (Wildman–Crippen LogP) is 2.12. The summed E-state index contributed by atoms with van der Waals surface area (Å²) in [5.74, 6) is -0.491. The fourth-order valence-corrected chi connectivity index (χ4v) is 2.86. The van der Waals surface area contributed by atoms with Crippen LogP contribution in [-0.4, -0.2) is 23.0 Å². The van der Waals surface area contributed by atoms with E-state index in [4.69, 9.17) is 5.73 Å². The zero-order valence-corrected chi connectivity index (χ0v) is 15.0. The Bertz CT molecular complexity index is 980. The van der Waals surface area contributed by atoms with E-state index in [1.165, 1.54) is 7.11 Å². The van der Waals surface area contributed by atoms with Gasteiger partial charge in [-0.3, -0.25) is 14.6 Å². The number of carbonyl (C=O) groups excluding carboxylic acids is 1. The highest BCUT2D eigenvalue weighted by molar-refractivity contribution is 5.77. The molecule has 27 heavy (non-hydrogen) atoms. The van der Waals surface area contributed by atoms with Gasteiger partial charge >= 0.3 is 5.97 Å². The van der Waals surface area contributed by atoms with Crippen LogP contribution in [0, 0.1) is 0 Å². The van der Waals surface area contributed by atoms with Gasteiger partial charge in [-0.15, -0.1) is 0 Å². The summed E-state index contributed by atoms with van der Waals surface area (Å²) < 4.78 is 4.68. The molecule has 1 atom stereocenters.